The number of amides is 1. The summed E-state index contributed by atoms with van der Waals surface area (Å²) in [7, 11) is -3.79. The highest BCUT2D eigenvalue weighted by Crippen LogP contribution is 2.24. The molecule has 2 N–H and O–H groups in total. The van der Waals surface area contributed by atoms with E-state index in [1.165, 1.54) is 19.1 Å². The van der Waals surface area contributed by atoms with Gasteiger partial charge in [0.05, 0.1) is 4.90 Å². The smallest absolute Gasteiger partial charge is 0.261 e. The zero-order valence-corrected chi connectivity index (χ0v) is 19.4. The van der Waals surface area contributed by atoms with Crippen molar-refractivity contribution in [3.05, 3.63) is 90.3 Å². The fraction of sp³-hybridized carbons (Fsp3) is 0.120. The minimum absolute atomic E-state index is 0.0924. The second-order valence-corrected chi connectivity index (χ2v) is 9.19. The maximum absolute atomic E-state index is 12.7. The fourth-order valence-electron chi connectivity index (χ4n) is 3.17. The lowest BCUT2D eigenvalue weighted by atomic mass is 10.2. The average Bonchev–Trinajstić information content (AvgIpc) is 3.20. The van der Waals surface area contributed by atoms with Gasteiger partial charge in [0.15, 0.2) is 0 Å². The number of oxazole rings is 1. The van der Waals surface area contributed by atoms with Crippen LogP contribution in [0.5, 0.6) is 5.75 Å². The van der Waals surface area contributed by atoms with Gasteiger partial charge in [0.2, 0.25) is 11.8 Å². The molecule has 9 heteroatoms. The molecule has 34 heavy (non-hydrogen) atoms. The predicted molar refractivity (Wildman–Crippen MR) is 129 cm³/mol. The molecule has 0 aliphatic rings. The topological polar surface area (TPSA) is 111 Å². The van der Waals surface area contributed by atoms with Gasteiger partial charge in [-0.2, -0.15) is 0 Å². The number of sulfonamides is 1. The zero-order chi connectivity index (χ0) is 24.1. The maximum Gasteiger partial charge on any atom is 0.261 e. The predicted octanol–water partition coefficient (Wildman–Crippen LogP) is 4.99. The first-order valence-electron chi connectivity index (χ1n) is 10.5. The fourth-order valence-corrected chi connectivity index (χ4v) is 4.23. The zero-order valence-electron chi connectivity index (χ0n) is 18.6. The Morgan fingerprint density at radius 3 is 2.24 bits per heavy atom. The van der Waals surface area contributed by atoms with E-state index in [0.29, 0.717) is 34.5 Å². The van der Waals surface area contributed by atoms with E-state index in [2.05, 4.69) is 15.0 Å². The van der Waals surface area contributed by atoms with E-state index in [-0.39, 0.29) is 17.4 Å². The van der Waals surface area contributed by atoms with Crippen LogP contribution in [0.15, 0.2) is 88.2 Å². The van der Waals surface area contributed by atoms with E-state index in [1.54, 1.807) is 36.4 Å². The number of nitrogens with one attached hydrogen (secondary N) is 2. The summed E-state index contributed by atoms with van der Waals surface area (Å²) in [6.45, 7) is 3.41. The van der Waals surface area contributed by atoms with Gasteiger partial charge in [0, 0.05) is 23.9 Å². The molecule has 4 aromatic rings. The molecule has 1 amide bonds. The summed E-state index contributed by atoms with van der Waals surface area (Å²) < 4.78 is 39.4. The van der Waals surface area contributed by atoms with Gasteiger partial charge >= 0.3 is 0 Å². The second-order valence-electron chi connectivity index (χ2n) is 7.51. The molecule has 0 radical (unpaired) electrons. The van der Waals surface area contributed by atoms with E-state index in [0.717, 1.165) is 5.56 Å². The molecular formula is C25H23N3O5S. The summed E-state index contributed by atoms with van der Waals surface area (Å²) in [6.07, 6.45) is 0. The molecule has 0 spiro atoms. The Morgan fingerprint density at radius 2 is 1.59 bits per heavy atom. The van der Waals surface area contributed by atoms with Crippen LogP contribution >= 0.6 is 0 Å². The lowest BCUT2D eigenvalue weighted by Crippen LogP contribution is -2.13. The largest absolute Gasteiger partial charge is 0.487 e. The SMILES string of the molecule is CC(=O)Nc1ccc(NS(=O)(=O)c2ccc(OCc3nc(-c4ccccc4)oc3C)cc2)cc1. The summed E-state index contributed by atoms with van der Waals surface area (Å²) in [4.78, 5) is 15.7. The summed E-state index contributed by atoms with van der Waals surface area (Å²) in [5.74, 6) is 1.48. The molecule has 0 aliphatic heterocycles. The van der Waals surface area contributed by atoms with E-state index >= 15 is 0 Å². The van der Waals surface area contributed by atoms with Crippen LogP contribution in [0.3, 0.4) is 0 Å². The van der Waals surface area contributed by atoms with Crippen LogP contribution in [0.1, 0.15) is 18.4 Å². The maximum atomic E-state index is 12.7. The van der Waals surface area contributed by atoms with Crippen LogP contribution in [-0.2, 0) is 21.4 Å². The quantitative estimate of drug-likeness (QED) is 0.370. The number of hydrogen-bond acceptors (Lipinski definition) is 6. The van der Waals surface area contributed by atoms with Crippen molar-refractivity contribution in [1.29, 1.82) is 0 Å². The number of nitrogens with zero attached hydrogens (tertiary/aromatic N) is 1. The minimum atomic E-state index is -3.79. The van der Waals surface area contributed by atoms with Crippen LogP contribution in [0.2, 0.25) is 0 Å². The molecule has 4 rings (SSSR count). The van der Waals surface area contributed by atoms with Crippen LogP contribution in [0.4, 0.5) is 11.4 Å². The molecule has 0 saturated carbocycles. The molecule has 1 aromatic heterocycles. The number of anilines is 2. The highest BCUT2D eigenvalue weighted by Gasteiger charge is 2.15. The normalized spacial score (nSPS) is 11.1. The van der Waals surface area contributed by atoms with Crippen molar-refractivity contribution in [1.82, 2.24) is 4.98 Å². The summed E-state index contributed by atoms with van der Waals surface area (Å²) >= 11 is 0. The molecule has 0 unspecified atom stereocenters. The molecule has 0 aliphatic carbocycles. The second kappa shape index (κ2) is 9.80. The van der Waals surface area contributed by atoms with Gasteiger partial charge in [-0.25, -0.2) is 13.4 Å². The Bertz CT molecular complexity index is 1380. The van der Waals surface area contributed by atoms with Crippen molar-refractivity contribution in [3.8, 4) is 17.2 Å². The van der Waals surface area contributed by atoms with Crippen molar-refractivity contribution in [2.24, 2.45) is 0 Å². The minimum Gasteiger partial charge on any atom is -0.487 e. The first-order valence-corrected chi connectivity index (χ1v) is 11.9. The molecule has 3 aromatic carbocycles. The lowest BCUT2D eigenvalue weighted by Gasteiger charge is -2.10. The molecule has 8 nitrogen and oxygen atoms in total. The highest BCUT2D eigenvalue weighted by atomic mass is 32.2. The van der Waals surface area contributed by atoms with E-state index in [9.17, 15) is 13.2 Å². The Labute approximate surface area is 197 Å². The van der Waals surface area contributed by atoms with E-state index in [4.69, 9.17) is 9.15 Å². The summed E-state index contributed by atoms with van der Waals surface area (Å²) in [5, 5.41) is 2.63. The Hall–Kier alpha value is -4.11. The number of carbonyl (C=O) groups excluding carboxylic acids is 1. The number of aromatic nitrogens is 1. The first kappa shape index (κ1) is 23.1. The van der Waals surface area contributed by atoms with Crippen molar-refractivity contribution in [2.75, 3.05) is 10.0 Å². The third kappa shape index (κ3) is 5.62. The Morgan fingerprint density at radius 1 is 0.941 bits per heavy atom. The van der Waals surface area contributed by atoms with Crippen LogP contribution in [-0.4, -0.2) is 19.3 Å². The third-order valence-electron chi connectivity index (χ3n) is 4.88. The van der Waals surface area contributed by atoms with Gasteiger partial charge < -0.3 is 14.5 Å². The molecule has 1 heterocycles. The number of carbonyl (C=O) groups is 1. The lowest BCUT2D eigenvalue weighted by molar-refractivity contribution is -0.114. The molecule has 0 saturated heterocycles. The van der Waals surface area contributed by atoms with Gasteiger partial charge in [-0.15, -0.1) is 0 Å². The van der Waals surface area contributed by atoms with Crippen LogP contribution in [0, 0.1) is 6.92 Å². The first-order chi connectivity index (χ1) is 16.3. The van der Waals surface area contributed by atoms with E-state index < -0.39 is 10.0 Å². The monoisotopic (exact) mass is 477 g/mol. The molecule has 174 valence electrons. The van der Waals surface area contributed by atoms with Crippen LogP contribution < -0.4 is 14.8 Å². The number of ether oxygens (including phenoxy) is 1. The molecular weight excluding hydrogens is 454 g/mol. The highest BCUT2D eigenvalue weighted by molar-refractivity contribution is 7.92. The summed E-state index contributed by atoms with van der Waals surface area (Å²) in [5.41, 5.74) is 2.50. The number of aryl methyl sites for hydroxylation is 1. The van der Waals surface area contributed by atoms with Gasteiger partial charge in [-0.05, 0) is 67.6 Å². The van der Waals surface area contributed by atoms with Crippen molar-refractivity contribution in [2.45, 2.75) is 25.3 Å². The van der Waals surface area contributed by atoms with Gasteiger partial charge in [-0.3, -0.25) is 9.52 Å². The van der Waals surface area contributed by atoms with E-state index in [1.807, 2.05) is 37.3 Å². The van der Waals surface area contributed by atoms with Crippen LogP contribution in [0.25, 0.3) is 11.5 Å². The third-order valence-corrected chi connectivity index (χ3v) is 6.28. The standard InChI is InChI=1S/C25H23N3O5S/c1-17-24(27-25(33-17)19-6-4-3-5-7-19)16-32-22-12-14-23(15-13-22)34(30,31)28-21-10-8-20(9-11-21)26-18(2)29/h3-15,28H,16H2,1-2H3,(H,26,29). The number of hydrogen-bond donors (Lipinski definition) is 2. The van der Waals surface area contributed by atoms with Crippen molar-refractivity contribution >= 4 is 27.3 Å². The van der Waals surface area contributed by atoms with Crippen molar-refractivity contribution < 1.29 is 22.4 Å². The Kier molecular flexibility index (Phi) is 6.65. The summed E-state index contributed by atoms with van der Waals surface area (Å²) in [6, 6.07) is 22.1. The Balaban J connectivity index is 1.39. The molecule has 0 fully saturated rings. The van der Waals surface area contributed by atoms with Crippen molar-refractivity contribution in [3.63, 3.8) is 0 Å². The van der Waals surface area contributed by atoms with Gasteiger partial charge in [0.25, 0.3) is 10.0 Å². The molecule has 0 bridgehead atoms. The average molecular weight is 478 g/mol. The van der Waals surface area contributed by atoms with Gasteiger partial charge in [-0.1, -0.05) is 18.2 Å². The number of rotatable bonds is 8. The number of benzene rings is 3. The molecule has 0 atom stereocenters. The van der Waals surface area contributed by atoms with Gasteiger partial charge in [0.1, 0.15) is 23.8 Å².